The first-order valence-electron chi connectivity index (χ1n) is 7.30. The van der Waals surface area contributed by atoms with Crippen molar-refractivity contribution in [3.8, 4) is 0 Å². The van der Waals surface area contributed by atoms with Crippen molar-refractivity contribution >= 4 is 37.7 Å². The molecular weight excluding hydrogens is 344 g/mol. The topological polar surface area (TPSA) is 53.9 Å². The molecule has 2 heterocycles. The molecule has 0 aliphatic rings. The molecule has 0 saturated heterocycles. The van der Waals surface area contributed by atoms with Gasteiger partial charge in [0.2, 0.25) is 0 Å². The van der Waals surface area contributed by atoms with Crippen LogP contribution in [0.3, 0.4) is 0 Å². The van der Waals surface area contributed by atoms with Gasteiger partial charge < -0.3 is 9.47 Å². The van der Waals surface area contributed by atoms with E-state index >= 15 is 0 Å². The van der Waals surface area contributed by atoms with E-state index in [4.69, 9.17) is 0 Å². The van der Waals surface area contributed by atoms with E-state index in [2.05, 4.69) is 31.0 Å². The number of aromatic amines is 1. The Kier molecular flexibility index (Phi) is 4.06. The van der Waals surface area contributed by atoms with Gasteiger partial charge in [0.05, 0.1) is 10.9 Å². The number of nitrogens with one attached hydrogen (secondary N) is 1. The van der Waals surface area contributed by atoms with Gasteiger partial charge in [-0.15, -0.1) is 0 Å². The second-order valence-electron chi connectivity index (χ2n) is 5.85. The number of fused-ring (bicyclic) bond motifs is 3. The smallest absolute Gasteiger partial charge is 0.262 e. The lowest BCUT2D eigenvalue weighted by molar-refractivity contribution is 0.387. The average Bonchev–Trinajstić information content (AvgIpc) is 2.85. The molecule has 5 nitrogen and oxygen atoms in total. The van der Waals surface area contributed by atoms with Gasteiger partial charge in [0.1, 0.15) is 5.52 Å². The molecule has 0 unspecified atom stereocenters. The average molecular weight is 363 g/mol. The Bertz CT molecular complexity index is 894. The van der Waals surface area contributed by atoms with Crippen molar-refractivity contribution in [3.05, 3.63) is 38.7 Å². The minimum absolute atomic E-state index is 0.0369. The Hall–Kier alpha value is -1.66. The van der Waals surface area contributed by atoms with Gasteiger partial charge in [-0.3, -0.25) is 9.89 Å². The Balaban J connectivity index is 2.25. The molecule has 0 aliphatic heterocycles. The summed E-state index contributed by atoms with van der Waals surface area (Å²) in [5.41, 5.74) is 2.55. The summed E-state index contributed by atoms with van der Waals surface area (Å²) in [5, 5.41) is 8.96. The van der Waals surface area contributed by atoms with Crippen molar-refractivity contribution in [1.82, 2.24) is 19.7 Å². The van der Waals surface area contributed by atoms with Crippen LogP contribution in [0, 0.1) is 6.92 Å². The van der Waals surface area contributed by atoms with Gasteiger partial charge in [0.25, 0.3) is 5.56 Å². The van der Waals surface area contributed by atoms with Gasteiger partial charge in [0, 0.05) is 22.1 Å². The highest BCUT2D eigenvalue weighted by Crippen LogP contribution is 2.26. The second kappa shape index (κ2) is 5.85. The van der Waals surface area contributed by atoms with Gasteiger partial charge in [-0.05, 0) is 52.2 Å². The van der Waals surface area contributed by atoms with Crippen LogP contribution in [0.4, 0.5) is 0 Å². The molecule has 1 N–H and O–H groups in total. The summed E-state index contributed by atoms with van der Waals surface area (Å²) in [6.07, 6.45) is 0.931. The van der Waals surface area contributed by atoms with E-state index < -0.39 is 0 Å². The summed E-state index contributed by atoms with van der Waals surface area (Å²) >= 11 is 3.51. The van der Waals surface area contributed by atoms with Crippen LogP contribution >= 0.6 is 15.9 Å². The fraction of sp³-hybridized carbons (Fsp3) is 0.375. The van der Waals surface area contributed by atoms with E-state index in [1.807, 2.05) is 43.8 Å². The number of pyridine rings is 1. The van der Waals surface area contributed by atoms with Gasteiger partial charge in [-0.2, -0.15) is 5.10 Å². The number of benzene rings is 1. The number of nitrogens with zero attached hydrogens (tertiary/aromatic N) is 3. The van der Waals surface area contributed by atoms with E-state index in [1.165, 1.54) is 0 Å². The van der Waals surface area contributed by atoms with Crippen molar-refractivity contribution in [3.63, 3.8) is 0 Å². The largest absolute Gasteiger partial charge is 0.309 e. The molecule has 3 rings (SSSR count). The Morgan fingerprint density at radius 2 is 2.14 bits per heavy atom. The van der Waals surface area contributed by atoms with Gasteiger partial charge in [-0.25, -0.2) is 0 Å². The summed E-state index contributed by atoms with van der Waals surface area (Å²) in [5.74, 6) is 0. The third kappa shape index (κ3) is 2.57. The lowest BCUT2D eigenvalue weighted by Crippen LogP contribution is -2.23. The van der Waals surface area contributed by atoms with Crippen molar-refractivity contribution < 1.29 is 0 Å². The van der Waals surface area contributed by atoms with Crippen LogP contribution < -0.4 is 5.56 Å². The fourth-order valence-electron chi connectivity index (χ4n) is 2.83. The van der Waals surface area contributed by atoms with Crippen LogP contribution in [-0.4, -0.2) is 40.3 Å². The maximum absolute atomic E-state index is 12.9. The van der Waals surface area contributed by atoms with Crippen LogP contribution in [0.2, 0.25) is 0 Å². The number of hydrogen-bond acceptors (Lipinski definition) is 3. The molecule has 22 heavy (non-hydrogen) atoms. The van der Waals surface area contributed by atoms with Gasteiger partial charge in [-0.1, -0.05) is 15.9 Å². The number of aromatic nitrogens is 3. The molecule has 6 heteroatoms. The lowest BCUT2D eigenvalue weighted by Gasteiger charge is -2.13. The molecule has 0 spiro atoms. The minimum atomic E-state index is 0.0369. The summed E-state index contributed by atoms with van der Waals surface area (Å²) in [6.45, 7) is 3.55. The van der Waals surface area contributed by atoms with Crippen LogP contribution in [-0.2, 0) is 6.54 Å². The number of rotatable bonds is 4. The molecule has 0 atom stereocenters. The van der Waals surface area contributed by atoms with Crippen molar-refractivity contribution in [2.45, 2.75) is 19.9 Å². The predicted molar refractivity (Wildman–Crippen MR) is 93.5 cm³/mol. The summed E-state index contributed by atoms with van der Waals surface area (Å²) in [7, 11) is 4.09. The molecule has 116 valence electrons. The van der Waals surface area contributed by atoms with Crippen molar-refractivity contribution in [2.24, 2.45) is 0 Å². The predicted octanol–water partition coefficient (Wildman–Crippen LogP) is 2.90. The Morgan fingerprint density at radius 1 is 1.36 bits per heavy atom. The summed E-state index contributed by atoms with van der Waals surface area (Å²) < 4.78 is 2.86. The monoisotopic (exact) mass is 362 g/mol. The molecular formula is C16H19BrN4O. The van der Waals surface area contributed by atoms with E-state index in [0.29, 0.717) is 11.9 Å². The maximum atomic E-state index is 12.9. The highest BCUT2D eigenvalue weighted by atomic mass is 79.9. The molecule has 2 aromatic heterocycles. The van der Waals surface area contributed by atoms with Crippen LogP contribution in [0.15, 0.2) is 27.5 Å². The second-order valence-corrected chi connectivity index (χ2v) is 6.76. The SMILES string of the molecule is Cc1[nH]nc2c1c(=O)n(CCCN(C)C)c1ccc(Br)cc21. The first kappa shape index (κ1) is 15.2. The fourth-order valence-corrected chi connectivity index (χ4v) is 3.19. The van der Waals surface area contributed by atoms with Crippen LogP contribution in [0.1, 0.15) is 12.1 Å². The number of hydrogen-bond donors (Lipinski definition) is 1. The van der Waals surface area contributed by atoms with Gasteiger partial charge in [0.15, 0.2) is 0 Å². The zero-order valence-corrected chi connectivity index (χ0v) is 14.6. The van der Waals surface area contributed by atoms with Crippen LogP contribution in [0.25, 0.3) is 21.8 Å². The summed E-state index contributed by atoms with van der Waals surface area (Å²) in [6, 6.07) is 5.98. The highest BCUT2D eigenvalue weighted by molar-refractivity contribution is 9.10. The van der Waals surface area contributed by atoms with Crippen LogP contribution in [0.5, 0.6) is 0 Å². The highest BCUT2D eigenvalue weighted by Gasteiger charge is 2.15. The van der Waals surface area contributed by atoms with Crippen molar-refractivity contribution in [2.75, 3.05) is 20.6 Å². The lowest BCUT2D eigenvalue weighted by atomic mass is 10.1. The number of aryl methyl sites for hydroxylation is 2. The molecule has 0 amide bonds. The first-order valence-corrected chi connectivity index (χ1v) is 8.10. The standard InChI is InChI=1S/C16H19BrN4O/c1-10-14-15(19-18-10)12-9-11(17)5-6-13(12)21(16(14)22)8-4-7-20(2)3/h5-6,9H,4,7-8H2,1-3H3,(H,18,19). The van der Waals surface area contributed by atoms with Gasteiger partial charge >= 0.3 is 0 Å². The maximum Gasteiger partial charge on any atom is 0.262 e. The third-order valence-electron chi connectivity index (χ3n) is 3.90. The zero-order valence-electron chi connectivity index (χ0n) is 13.0. The minimum Gasteiger partial charge on any atom is -0.309 e. The van der Waals surface area contributed by atoms with E-state index in [-0.39, 0.29) is 5.56 Å². The van der Waals surface area contributed by atoms with E-state index in [1.54, 1.807) is 0 Å². The number of H-pyrrole nitrogens is 1. The molecule has 1 aromatic carbocycles. The molecule has 0 saturated carbocycles. The van der Waals surface area contributed by atoms with Crippen molar-refractivity contribution in [1.29, 1.82) is 0 Å². The van der Waals surface area contributed by atoms with E-state index in [9.17, 15) is 4.79 Å². The zero-order chi connectivity index (χ0) is 15.9. The molecule has 0 bridgehead atoms. The summed E-state index contributed by atoms with van der Waals surface area (Å²) in [4.78, 5) is 15.0. The quantitative estimate of drug-likeness (QED) is 0.776. The molecule has 3 aromatic rings. The Morgan fingerprint density at radius 3 is 2.86 bits per heavy atom. The first-order chi connectivity index (χ1) is 10.5. The van der Waals surface area contributed by atoms with E-state index in [0.717, 1.165) is 39.6 Å². The molecule has 0 radical (unpaired) electrons. The number of halogens is 1. The molecule has 0 fully saturated rings. The third-order valence-corrected chi connectivity index (χ3v) is 4.39. The molecule has 0 aliphatic carbocycles. The Labute approximate surface area is 137 Å². The normalized spacial score (nSPS) is 11.9.